The first kappa shape index (κ1) is 15.7. The molecular formula is C20H26N2O2. The van der Waals surface area contributed by atoms with Crippen molar-refractivity contribution in [2.75, 3.05) is 19.6 Å². The molecule has 1 aliphatic heterocycles. The molecule has 1 N–H and O–H groups in total. The Balaban J connectivity index is 1.44. The lowest BCUT2D eigenvalue weighted by molar-refractivity contribution is 0.0674. The summed E-state index contributed by atoms with van der Waals surface area (Å²) in [6.07, 6.45) is 4.84. The van der Waals surface area contributed by atoms with E-state index in [0.29, 0.717) is 11.8 Å². The number of benzene rings is 1. The molecule has 0 bridgehead atoms. The number of rotatable bonds is 4. The van der Waals surface area contributed by atoms with Crippen LogP contribution in [0.1, 0.15) is 47.4 Å². The fourth-order valence-electron chi connectivity index (χ4n) is 3.67. The number of piperidine rings is 1. The molecule has 24 heavy (non-hydrogen) atoms. The van der Waals surface area contributed by atoms with Crippen LogP contribution in [0, 0.1) is 19.8 Å². The standard InChI is InChI=1S/C20H26N2O2/c1-13-4-3-5-17-14(2)19(24-18(13)17)20(23)22-10-8-16(9-11-22)21-12-15-6-7-15/h3-5,15-16,21H,6-12H2,1-2H3. The van der Waals surface area contributed by atoms with E-state index in [-0.39, 0.29) is 5.91 Å². The Morgan fingerprint density at radius 3 is 2.62 bits per heavy atom. The predicted octanol–water partition coefficient (Wildman–Crippen LogP) is 3.65. The van der Waals surface area contributed by atoms with Gasteiger partial charge in [-0.3, -0.25) is 4.79 Å². The van der Waals surface area contributed by atoms with E-state index in [2.05, 4.69) is 5.32 Å². The molecule has 1 amide bonds. The zero-order valence-corrected chi connectivity index (χ0v) is 14.6. The van der Waals surface area contributed by atoms with Gasteiger partial charge in [0.1, 0.15) is 5.58 Å². The summed E-state index contributed by atoms with van der Waals surface area (Å²) in [7, 11) is 0. The summed E-state index contributed by atoms with van der Waals surface area (Å²) in [5, 5.41) is 4.72. The molecule has 4 rings (SSSR count). The molecule has 2 aliphatic rings. The van der Waals surface area contributed by atoms with Crippen molar-refractivity contribution in [1.82, 2.24) is 10.2 Å². The normalized spacial score (nSPS) is 19.2. The van der Waals surface area contributed by atoms with Gasteiger partial charge in [-0.05, 0) is 57.6 Å². The summed E-state index contributed by atoms with van der Waals surface area (Å²) in [4.78, 5) is 14.8. The number of nitrogens with zero attached hydrogens (tertiary/aromatic N) is 1. The maximum Gasteiger partial charge on any atom is 0.289 e. The number of amides is 1. The van der Waals surface area contributed by atoms with Crippen LogP contribution >= 0.6 is 0 Å². The Labute approximate surface area is 143 Å². The van der Waals surface area contributed by atoms with Crippen LogP contribution in [0.5, 0.6) is 0 Å². The molecule has 1 aliphatic carbocycles. The smallest absolute Gasteiger partial charge is 0.289 e. The van der Waals surface area contributed by atoms with E-state index < -0.39 is 0 Å². The summed E-state index contributed by atoms with van der Waals surface area (Å²) in [5.74, 6) is 1.47. The Morgan fingerprint density at radius 2 is 1.96 bits per heavy atom. The van der Waals surface area contributed by atoms with Crippen molar-refractivity contribution < 1.29 is 9.21 Å². The van der Waals surface area contributed by atoms with Crippen LogP contribution in [0.15, 0.2) is 22.6 Å². The number of fused-ring (bicyclic) bond motifs is 1. The van der Waals surface area contributed by atoms with E-state index in [1.165, 1.54) is 12.8 Å². The van der Waals surface area contributed by atoms with Gasteiger partial charge in [0, 0.05) is 30.1 Å². The summed E-state index contributed by atoms with van der Waals surface area (Å²) >= 11 is 0. The minimum Gasteiger partial charge on any atom is -0.450 e. The van der Waals surface area contributed by atoms with Crippen molar-refractivity contribution in [3.05, 3.63) is 35.1 Å². The average molecular weight is 326 g/mol. The number of carbonyl (C=O) groups is 1. The van der Waals surface area contributed by atoms with Gasteiger partial charge in [0.15, 0.2) is 5.76 Å². The maximum atomic E-state index is 12.9. The highest BCUT2D eigenvalue weighted by molar-refractivity contribution is 5.99. The van der Waals surface area contributed by atoms with Crippen LogP contribution in [-0.2, 0) is 0 Å². The minimum absolute atomic E-state index is 0.0451. The van der Waals surface area contributed by atoms with Crippen LogP contribution in [0.2, 0.25) is 0 Å². The molecule has 0 spiro atoms. The molecule has 1 aromatic carbocycles. The van der Waals surface area contributed by atoms with Gasteiger partial charge in [-0.2, -0.15) is 0 Å². The molecule has 1 saturated heterocycles. The second-order valence-corrected chi connectivity index (χ2v) is 7.43. The molecule has 2 heterocycles. The zero-order chi connectivity index (χ0) is 16.7. The van der Waals surface area contributed by atoms with Gasteiger partial charge in [-0.25, -0.2) is 0 Å². The van der Waals surface area contributed by atoms with E-state index in [4.69, 9.17) is 4.42 Å². The molecule has 4 nitrogen and oxygen atoms in total. The summed E-state index contributed by atoms with van der Waals surface area (Å²) in [6, 6.07) is 6.64. The highest BCUT2D eigenvalue weighted by Crippen LogP contribution is 2.30. The highest BCUT2D eigenvalue weighted by atomic mass is 16.3. The predicted molar refractivity (Wildman–Crippen MR) is 95.3 cm³/mol. The summed E-state index contributed by atoms with van der Waals surface area (Å²) in [5.41, 5.74) is 2.89. The fraction of sp³-hybridized carbons (Fsp3) is 0.550. The summed E-state index contributed by atoms with van der Waals surface area (Å²) < 4.78 is 5.95. The van der Waals surface area contributed by atoms with Crippen LogP contribution in [0.25, 0.3) is 11.0 Å². The Morgan fingerprint density at radius 1 is 1.21 bits per heavy atom. The first-order valence-corrected chi connectivity index (χ1v) is 9.15. The molecule has 2 fully saturated rings. The first-order chi connectivity index (χ1) is 11.6. The van der Waals surface area contributed by atoms with Crippen molar-refractivity contribution >= 4 is 16.9 Å². The topological polar surface area (TPSA) is 45.5 Å². The third-order valence-electron chi connectivity index (χ3n) is 5.53. The van der Waals surface area contributed by atoms with Crippen LogP contribution in [0.4, 0.5) is 0 Å². The number of nitrogens with one attached hydrogen (secondary N) is 1. The number of aryl methyl sites for hydroxylation is 2. The molecule has 0 atom stereocenters. The quantitative estimate of drug-likeness (QED) is 0.933. The lowest BCUT2D eigenvalue weighted by Gasteiger charge is -2.32. The molecular weight excluding hydrogens is 300 g/mol. The van der Waals surface area contributed by atoms with Crippen molar-refractivity contribution in [3.8, 4) is 0 Å². The van der Waals surface area contributed by atoms with E-state index in [1.807, 2.05) is 36.9 Å². The second-order valence-electron chi connectivity index (χ2n) is 7.43. The lowest BCUT2D eigenvalue weighted by Crippen LogP contribution is -2.45. The van der Waals surface area contributed by atoms with Gasteiger partial charge in [0.05, 0.1) is 0 Å². The SMILES string of the molecule is Cc1c(C(=O)N2CCC(NCC3CC3)CC2)oc2c(C)cccc12. The van der Waals surface area contributed by atoms with Crippen molar-refractivity contribution in [2.24, 2.45) is 5.92 Å². The Bertz CT molecular complexity index is 752. The number of hydrogen-bond acceptors (Lipinski definition) is 3. The minimum atomic E-state index is 0.0451. The van der Waals surface area contributed by atoms with Crippen molar-refractivity contribution in [2.45, 2.75) is 45.6 Å². The van der Waals surface area contributed by atoms with Gasteiger partial charge < -0.3 is 14.6 Å². The Hall–Kier alpha value is -1.81. The van der Waals surface area contributed by atoms with Crippen LogP contribution in [0.3, 0.4) is 0 Å². The molecule has 0 unspecified atom stereocenters. The Kier molecular flexibility index (Phi) is 4.09. The summed E-state index contributed by atoms with van der Waals surface area (Å²) in [6.45, 7) is 6.80. The van der Waals surface area contributed by atoms with E-state index in [1.54, 1.807) is 0 Å². The van der Waals surface area contributed by atoms with E-state index in [9.17, 15) is 4.79 Å². The number of para-hydroxylation sites is 1. The maximum absolute atomic E-state index is 12.9. The highest BCUT2D eigenvalue weighted by Gasteiger charge is 2.29. The van der Waals surface area contributed by atoms with Gasteiger partial charge in [-0.1, -0.05) is 18.2 Å². The van der Waals surface area contributed by atoms with Crippen LogP contribution in [-0.4, -0.2) is 36.5 Å². The monoisotopic (exact) mass is 326 g/mol. The van der Waals surface area contributed by atoms with Gasteiger partial charge in [0.25, 0.3) is 5.91 Å². The van der Waals surface area contributed by atoms with Gasteiger partial charge in [0.2, 0.25) is 0 Å². The zero-order valence-electron chi connectivity index (χ0n) is 14.6. The number of hydrogen-bond donors (Lipinski definition) is 1. The number of furan rings is 1. The van der Waals surface area contributed by atoms with E-state index in [0.717, 1.165) is 60.5 Å². The lowest BCUT2D eigenvalue weighted by atomic mass is 10.0. The third kappa shape index (κ3) is 2.95. The molecule has 128 valence electrons. The van der Waals surface area contributed by atoms with Gasteiger partial charge >= 0.3 is 0 Å². The second kappa shape index (κ2) is 6.25. The van der Waals surface area contributed by atoms with Gasteiger partial charge in [-0.15, -0.1) is 0 Å². The number of likely N-dealkylation sites (tertiary alicyclic amines) is 1. The first-order valence-electron chi connectivity index (χ1n) is 9.15. The molecule has 0 radical (unpaired) electrons. The largest absolute Gasteiger partial charge is 0.450 e. The van der Waals surface area contributed by atoms with E-state index >= 15 is 0 Å². The fourth-order valence-corrected chi connectivity index (χ4v) is 3.67. The third-order valence-corrected chi connectivity index (χ3v) is 5.53. The molecule has 1 aromatic heterocycles. The number of carbonyl (C=O) groups excluding carboxylic acids is 1. The molecule has 1 saturated carbocycles. The average Bonchev–Trinajstić information content (AvgIpc) is 3.37. The molecule has 2 aromatic rings. The van der Waals surface area contributed by atoms with Crippen LogP contribution < -0.4 is 5.32 Å². The van der Waals surface area contributed by atoms with Crippen molar-refractivity contribution in [3.63, 3.8) is 0 Å². The molecule has 4 heteroatoms. The van der Waals surface area contributed by atoms with Crippen molar-refractivity contribution in [1.29, 1.82) is 0 Å².